The molecule has 0 bridgehead atoms. The van der Waals surface area contributed by atoms with Crippen LogP contribution >= 0.6 is 15.9 Å². The van der Waals surface area contributed by atoms with E-state index < -0.39 is 0 Å². The average molecular weight is 337 g/mol. The molecule has 106 valence electrons. The third-order valence-electron chi connectivity index (χ3n) is 3.20. The lowest BCUT2D eigenvalue weighted by Crippen LogP contribution is -2.29. The molecule has 1 heterocycles. The highest BCUT2D eigenvalue weighted by molar-refractivity contribution is 9.10. The van der Waals surface area contributed by atoms with Crippen molar-refractivity contribution >= 4 is 27.5 Å². The van der Waals surface area contributed by atoms with Crippen molar-refractivity contribution in [3.8, 4) is 0 Å². The Labute approximate surface area is 126 Å². The summed E-state index contributed by atoms with van der Waals surface area (Å²) in [7, 11) is 1.71. The van der Waals surface area contributed by atoms with E-state index in [1.807, 2.05) is 31.2 Å². The predicted molar refractivity (Wildman–Crippen MR) is 82.4 cm³/mol. The number of nitrogens with two attached hydrogens (primary N) is 1. The summed E-state index contributed by atoms with van der Waals surface area (Å²) >= 11 is 3.39. The van der Waals surface area contributed by atoms with Crippen LogP contribution in [0.25, 0.3) is 0 Å². The lowest BCUT2D eigenvalue weighted by molar-refractivity contribution is 0.0931. The number of rotatable bonds is 3. The molecule has 0 saturated carbocycles. The highest BCUT2D eigenvalue weighted by atomic mass is 79.9. The average Bonchev–Trinajstić information content (AvgIpc) is 2.63. The molecule has 0 radical (unpaired) electrons. The van der Waals surface area contributed by atoms with Crippen LogP contribution in [-0.4, -0.2) is 15.7 Å². The summed E-state index contributed by atoms with van der Waals surface area (Å²) < 4.78 is 2.51. The number of aryl methyl sites for hydroxylation is 2. The summed E-state index contributed by atoms with van der Waals surface area (Å²) in [6, 6.07) is 7.71. The maximum absolute atomic E-state index is 12.3. The normalized spacial score (nSPS) is 12.2. The molecule has 1 amide bonds. The van der Waals surface area contributed by atoms with Crippen LogP contribution in [0, 0.1) is 6.92 Å². The Morgan fingerprint density at radius 1 is 1.40 bits per heavy atom. The standard InChI is InChI=1S/C14H17BrN4O/c1-8(10-4-6-11(15)7-5-10)17-14(20)13-12(16)9(2)18-19(13)3/h4-8H,16H2,1-3H3,(H,17,20)/t8-/m0/s1. The third kappa shape index (κ3) is 2.85. The lowest BCUT2D eigenvalue weighted by Gasteiger charge is -2.14. The van der Waals surface area contributed by atoms with E-state index in [2.05, 4.69) is 26.3 Å². The van der Waals surface area contributed by atoms with Crippen molar-refractivity contribution in [2.45, 2.75) is 19.9 Å². The first kappa shape index (κ1) is 14.6. The topological polar surface area (TPSA) is 72.9 Å². The van der Waals surface area contributed by atoms with E-state index >= 15 is 0 Å². The SMILES string of the molecule is Cc1nn(C)c(C(=O)N[C@@H](C)c2ccc(Br)cc2)c1N. The monoisotopic (exact) mass is 336 g/mol. The molecule has 2 rings (SSSR count). The Balaban J connectivity index is 2.17. The van der Waals surface area contributed by atoms with Gasteiger partial charge in [0.15, 0.2) is 0 Å². The summed E-state index contributed by atoms with van der Waals surface area (Å²) in [4.78, 5) is 12.3. The van der Waals surface area contributed by atoms with Crippen molar-refractivity contribution in [2.24, 2.45) is 7.05 Å². The minimum atomic E-state index is -0.221. The second kappa shape index (κ2) is 5.66. The van der Waals surface area contributed by atoms with Crippen LogP contribution in [-0.2, 0) is 7.05 Å². The molecule has 0 unspecified atom stereocenters. The number of nitrogens with zero attached hydrogens (tertiary/aromatic N) is 2. The second-order valence-electron chi connectivity index (χ2n) is 4.72. The van der Waals surface area contributed by atoms with Gasteiger partial charge in [-0.15, -0.1) is 0 Å². The van der Waals surface area contributed by atoms with Crippen LogP contribution in [0.2, 0.25) is 0 Å². The number of carbonyl (C=O) groups excluding carboxylic acids is 1. The molecule has 0 saturated heterocycles. The maximum Gasteiger partial charge on any atom is 0.272 e. The van der Waals surface area contributed by atoms with Gasteiger partial charge in [-0.05, 0) is 31.5 Å². The molecule has 0 spiro atoms. The molecule has 0 fully saturated rings. The van der Waals surface area contributed by atoms with E-state index in [0.717, 1.165) is 10.0 Å². The highest BCUT2D eigenvalue weighted by Crippen LogP contribution is 2.19. The maximum atomic E-state index is 12.3. The van der Waals surface area contributed by atoms with Crippen LogP contribution in [0.1, 0.15) is 34.7 Å². The van der Waals surface area contributed by atoms with Gasteiger partial charge in [0.25, 0.3) is 5.91 Å². The van der Waals surface area contributed by atoms with Crippen molar-refractivity contribution in [3.63, 3.8) is 0 Å². The van der Waals surface area contributed by atoms with Crippen molar-refractivity contribution in [2.75, 3.05) is 5.73 Å². The number of nitrogen functional groups attached to an aromatic ring is 1. The van der Waals surface area contributed by atoms with Crippen LogP contribution in [0.4, 0.5) is 5.69 Å². The minimum absolute atomic E-state index is 0.106. The van der Waals surface area contributed by atoms with E-state index in [9.17, 15) is 4.79 Å². The van der Waals surface area contributed by atoms with Crippen molar-refractivity contribution < 1.29 is 4.79 Å². The van der Waals surface area contributed by atoms with Gasteiger partial charge in [0.1, 0.15) is 5.69 Å². The fourth-order valence-electron chi connectivity index (χ4n) is 2.04. The fourth-order valence-corrected chi connectivity index (χ4v) is 2.31. The van der Waals surface area contributed by atoms with Gasteiger partial charge >= 0.3 is 0 Å². The van der Waals surface area contributed by atoms with E-state index in [-0.39, 0.29) is 11.9 Å². The van der Waals surface area contributed by atoms with Gasteiger partial charge in [-0.3, -0.25) is 9.48 Å². The molecular formula is C14H17BrN4O. The Bertz CT molecular complexity index is 633. The molecule has 0 aliphatic carbocycles. The molecule has 0 aliphatic rings. The zero-order valence-electron chi connectivity index (χ0n) is 11.6. The second-order valence-corrected chi connectivity index (χ2v) is 5.63. The number of nitrogens with one attached hydrogen (secondary N) is 1. The molecule has 20 heavy (non-hydrogen) atoms. The van der Waals surface area contributed by atoms with Gasteiger partial charge < -0.3 is 11.1 Å². The van der Waals surface area contributed by atoms with Gasteiger partial charge in [0.2, 0.25) is 0 Å². The van der Waals surface area contributed by atoms with Crippen molar-refractivity contribution in [1.29, 1.82) is 0 Å². The molecule has 1 aromatic heterocycles. The fraction of sp³-hybridized carbons (Fsp3) is 0.286. The summed E-state index contributed by atoms with van der Waals surface area (Å²) in [6.07, 6.45) is 0. The largest absolute Gasteiger partial charge is 0.395 e. The summed E-state index contributed by atoms with van der Waals surface area (Å²) in [5, 5.41) is 7.08. The molecular weight excluding hydrogens is 320 g/mol. The molecule has 5 nitrogen and oxygen atoms in total. The zero-order valence-corrected chi connectivity index (χ0v) is 13.2. The highest BCUT2D eigenvalue weighted by Gasteiger charge is 2.19. The van der Waals surface area contributed by atoms with Crippen molar-refractivity contribution in [3.05, 3.63) is 45.7 Å². The first-order valence-electron chi connectivity index (χ1n) is 6.25. The van der Waals surface area contributed by atoms with E-state index in [4.69, 9.17) is 5.73 Å². The van der Waals surface area contributed by atoms with Crippen molar-refractivity contribution in [1.82, 2.24) is 15.1 Å². The summed E-state index contributed by atoms with van der Waals surface area (Å²) in [6.45, 7) is 3.71. The summed E-state index contributed by atoms with van der Waals surface area (Å²) in [5.74, 6) is -0.221. The quantitative estimate of drug-likeness (QED) is 0.904. The van der Waals surface area contributed by atoms with Crippen LogP contribution < -0.4 is 11.1 Å². The van der Waals surface area contributed by atoms with Gasteiger partial charge in [0.05, 0.1) is 17.4 Å². The molecule has 2 aromatic rings. The smallest absolute Gasteiger partial charge is 0.272 e. The minimum Gasteiger partial charge on any atom is -0.395 e. The van der Waals surface area contributed by atoms with E-state index in [1.54, 1.807) is 14.0 Å². The Morgan fingerprint density at radius 2 is 2.00 bits per heavy atom. The molecule has 1 atom stereocenters. The van der Waals surface area contributed by atoms with Gasteiger partial charge in [-0.25, -0.2) is 0 Å². The third-order valence-corrected chi connectivity index (χ3v) is 3.73. The molecule has 0 aliphatic heterocycles. The lowest BCUT2D eigenvalue weighted by atomic mass is 10.1. The first-order chi connectivity index (χ1) is 9.40. The number of carbonyl (C=O) groups is 1. The Hall–Kier alpha value is -1.82. The zero-order chi connectivity index (χ0) is 14.9. The Morgan fingerprint density at radius 3 is 2.50 bits per heavy atom. The molecule has 3 N–H and O–H groups in total. The van der Waals surface area contributed by atoms with Crippen LogP contribution in [0.5, 0.6) is 0 Å². The summed E-state index contributed by atoms with van der Waals surface area (Å²) in [5.41, 5.74) is 8.40. The number of aromatic nitrogens is 2. The molecule has 1 aromatic carbocycles. The number of benzene rings is 1. The van der Waals surface area contributed by atoms with E-state index in [1.165, 1.54) is 4.68 Å². The van der Waals surface area contributed by atoms with Gasteiger partial charge in [-0.1, -0.05) is 28.1 Å². The van der Waals surface area contributed by atoms with E-state index in [0.29, 0.717) is 17.1 Å². The Kier molecular flexibility index (Phi) is 4.13. The first-order valence-corrected chi connectivity index (χ1v) is 7.05. The van der Waals surface area contributed by atoms with Gasteiger partial charge in [0, 0.05) is 11.5 Å². The van der Waals surface area contributed by atoms with Gasteiger partial charge in [-0.2, -0.15) is 5.10 Å². The van der Waals surface area contributed by atoms with Crippen LogP contribution in [0.3, 0.4) is 0 Å². The number of hydrogen-bond acceptors (Lipinski definition) is 3. The number of hydrogen-bond donors (Lipinski definition) is 2. The molecule has 6 heteroatoms. The predicted octanol–water partition coefficient (Wildman–Crippen LogP) is 2.56. The number of amides is 1. The van der Waals surface area contributed by atoms with Crippen LogP contribution in [0.15, 0.2) is 28.7 Å². The number of halogens is 1. The number of anilines is 1.